The van der Waals surface area contributed by atoms with Crippen LogP contribution in [0.3, 0.4) is 0 Å². The van der Waals surface area contributed by atoms with E-state index < -0.39 is 23.6 Å². The monoisotopic (exact) mass is 694 g/mol. The van der Waals surface area contributed by atoms with Crippen LogP contribution in [0, 0.1) is 0 Å². The molecular formula is C36H30Cl4N2O4. The van der Waals surface area contributed by atoms with E-state index in [2.05, 4.69) is 13.8 Å². The molecule has 0 unspecified atom stereocenters. The summed E-state index contributed by atoms with van der Waals surface area (Å²) >= 11 is 28.2. The van der Waals surface area contributed by atoms with Crippen LogP contribution in [-0.2, 0) is 0 Å². The first-order valence-electron chi connectivity index (χ1n) is 15.8. The summed E-state index contributed by atoms with van der Waals surface area (Å²) in [6.45, 7) is 4.78. The zero-order valence-corrected chi connectivity index (χ0v) is 28.4. The summed E-state index contributed by atoms with van der Waals surface area (Å²) in [5, 5.41) is 4.76. The van der Waals surface area contributed by atoms with E-state index in [1.165, 1.54) is 9.80 Å². The van der Waals surface area contributed by atoms with Gasteiger partial charge in [0.1, 0.15) is 0 Å². The zero-order valence-electron chi connectivity index (χ0n) is 25.4. The van der Waals surface area contributed by atoms with Gasteiger partial charge >= 0.3 is 0 Å². The van der Waals surface area contributed by atoms with E-state index in [0.29, 0.717) is 91.3 Å². The van der Waals surface area contributed by atoms with Crippen molar-refractivity contribution in [1.29, 1.82) is 0 Å². The molecule has 46 heavy (non-hydrogen) atoms. The smallest absolute Gasteiger partial charge is 0.261 e. The Morgan fingerprint density at radius 3 is 0.957 bits per heavy atom. The third-order valence-corrected chi connectivity index (χ3v) is 10.7. The van der Waals surface area contributed by atoms with Gasteiger partial charge in [-0.15, -0.1) is 0 Å². The van der Waals surface area contributed by atoms with Crippen LogP contribution in [0.15, 0.2) is 24.3 Å². The van der Waals surface area contributed by atoms with Crippen LogP contribution in [0.1, 0.15) is 107 Å². The summed E-state index contributed by atoms with van der Waals surface area (Å²) in [5.74, 6) is -1.67. The first-order valence-corrected chi connectivity index (χ1v) is 17.3. The van der Waals surface area contributed by atoms with Crippen molar-refractivity contribution in [2.24, 2.45) is 0 Å². The highest BCUT2D eigenvalue weighted by atomic mass is 35.5. The van der Waals surface area contributed by atoms with Crippen molar-refractivity contribution in [3.05, 3.63) is 66.6 Å². The predicted molar refractivity (Wildman–Crippen MR) is 187 cm³/mol. The normalized spacial score (nSPS) is 14.8. The molecule has 0 saturated carbocycles. The molecule has 10 heteroatoms. The van der Waals surface area contributed by atoms with Crippen molar-refractivity contribution in [3.63, 3.8) is 0 Å². The fraction of sp³-hybridized carbons (Fsp3) is 0.333. The van der Waals surface area contributed by atoms with Crippen LogP contribution in [0.2, 0.25) is 20.1 Å². The summed E-state index contributed by atoms with van der Waals surface area (Å²) in [6.07, 6.45) is 7.27. The molecule has 5 aromatic carbocycles. The van der Waals surface area contributed by atoms with Gasteiger partial charge in [-0.3, -0.25) is 29.0 Å². The predicted octanol–water partition coefficient (Wildman–Crippen LogP) is 10.7. The van der Waals surface area contributed by atoms with Crippen molar-refractivity contribution in [2.45, 2.75) is 65.2 Å². The standard InChI is InChI=1S/C36H30Cl4N2O4/c1-3-5-7-9-11-41-33(43)17-13-21(37)27-29-23(39)15-19-26-20(36(46)42(35(19)45)12-10-8-6-4-2)16-24(40)30(32(26)29)28-22(38)14-18(34(41)44)25(17)31(27)28/h13-16H,3-12H2,1-2H3. The molecule has 0 bridgehead atoms. The molecule has 2 heterocycles. The van der Waals surface area contributed by atoms with Crippen LogP contribution < -0.4 is 0 Å². The maximum atomic E-state index is 13.8. The summed E-state index contributed by atoms with van der Waals surface area (Å²) in [4.78, 5) is 57.9. The van der Waals surface area contributed by atoms with Crippen LogP contribution in [0.25, 0.3) is 43.1 Å². The molecule has 5 aromatic rings. The molecule has 0 aliphatic carbocycles. The van der Waals surface area contributed by atoms with E-state index in [9.17, 15) is 19.2 Å². The number of rotatable bonds is 10. The van der Waals surface area contributed by atoms with Gasteiger partial charge in [0.15, 0.2) is 0 Å². The Labute approximate surface area is 285 Å². The minimum atomic E-state index is -0.417. The summed E-state index contributed by atoms with van der Waals surface area (Å²) < 4.78 is 0. The Kier molecular flexibility index (Phi) is 8.08. The largest absolute Gasteiger partial charge is 0.274 e. The molecule has 0 aromatic heterocycles. The molecule has 2 aliphatic rings. The number of halogens is 4. The van der Waals surface area contributed by atoms with Crippen LogP contribution in [-0.4, -0.2) is 46.5 Å². The van der Waals surface area contributed by atoms with Gasteiger partial charge in [0.25, 0.3) is 23.6 Å². The Bertz CT molecular complexity index is 1890. The molecule has 2 aliphatic heterocycles. The van der Waals surface area contributed by atoms with Gasteiger partial charge in [0, 0.05) is 76.3 Å². The first-order chi connectivity index (χ1) is 22.1. The molecule has 6 nitrogen and oxygen atoms in total. The number of carbonyl (C=O) groups is 4. The molecule has 0 N–H and O–H groups in total. The highest BCUT2D eigenvalue weighted by molar-refractivity contribution is 6.56. The van der Waals surface area contributed by atoms with E-state index in [1.807, 2.05) is 0 Å². The number of fused-ring (bicyclic) bond motifs is 2. The van der Waals surface area contributed by atoms with Gasteiger partial charge in [0.05, 0.1) is 22.3 Å². The minimum Gasteiger partial charge on any atom is -0.274 e. The van der Waals surface area contributed by atoms with Crippen molar-refractivity contribution in [1.82, 2.24) is 9.80 Å². The van der Waals surface area contributed by atoms with Gasteiger partial charge in [0.2, 0.25) is 0 Å². The zero-order chi connectivity index (χ0) is 32.6. The molecule has 0 fully saturated rings. The van der Waals surface area contributed by atoms with Crippen molar-refractivity contribution >= 4 is 113 Å². The Morgan fingerprint density at radius 1 is 0.413 bits per heavy atom. The Hall–Kier alpha value is -3.16. The Balaban J connectivity index is 1.53. The summed E-state index contributed by atoms with van der Waals surface area (Å²) in [7, 11) is 0. The average Bonchev–Trinajstić information content (AvgIpc) is 3.03. The van der Waals surface area contributed by atoms with Crippen molar-refractivity contribution in [2.75, 3.05) is 13.1 Å². The van der Waals surface area contributed by atoms with Gasteiger partial charge in [-0.1, -0.05) is 98.8 Å². The van der Waals surface area contributed by atoms with Crippen LogP contribution >= 0.6 is 46.4 Å². The third kappa shape index (κ3) is 4.44. The Morgan fingerprint density at radius 2 is 0.696 bits per heavy atom. The second-order valence-electron chi connectivity index (χ2n) is 12.3. The lowest BCUT2D eigenvalue weighted by atomic mass is 9.82. The van der Waals surface area contributed by atoms with E-state index in [4.69, 9.17) is 46.4 Å². The minimum absolute atomic E-state index is 0.237. The van der Waals surface area contributed by atoms with Crippen LogP contribution in [0.4, 0.5) is 0 Å². The van der Waals surface area contributed by atoms with Gasteiger partial charge < -0.3 is 0 Å². The molecule has 0 radical (unpaired) electrons. The first kappa shape index (κ1) is 31.4. The van der Waals surface area contributed by atoms with Gasteiger partial charge in [-0.05, 0) is 37.1 Å². The van der Waals surface area contributed by atoms with Gasteiger partial charge in [-0.2, -0.15) is 0 Å². The summed E-state index contributed by atoms with van der Waals surface area (Å²) in [6, 6.07) is 6.34. The van der Waals surface area contributed by atoms with E-state index in [1.54, 1.807) is 24.3 Å². The summed E-state index contributed by atoms with van der Waals surface area (Å²) in [5.41, 5.74) is 1.21. The molecule has 0 saturated heterocycles. The second-order valence-corrected chi connectivity index (χ2v) is 13.9. The van der Waals surface area contributed by atoms with E-state index >= 15 is 0 Å². The number of benzene rings is 5. The highest BCUT2D eigenvalue weighted by Gasteiger charge is 2.39. The van der Waals surface area contributed by atoms with Crippen molar-refractivity contribution in [3.8, 4) is 0 Å². The molecule has 0 atom stereocenters. The number of hydrogen-bond donors (Lipinski definition) is 0. The van der Waals surface area contributed by atoms with E-state index in [0.717, 1.165) is 38.5 Å². The second kappa shape index (κ2) is 11.8. The maximum Gasteiger partial charge on any atom is 0.261 e. The number of hydrogen-bond acceptors (Lipinski definition) is 4. The SMILES string of the molecule is CCCCCCN1C(=O)c2cc(Cl)c3c4c(Cl)cc5c6c(cc(Cl)c(c7c(Cl)cc(c2c37)C1=O)c64)C(=O)N(CCCCCC)C5=O. The molecule has 0 spiro atoms. The average molecular weight is 696 g/mol. The lowest BCUT2D eigenvalue weighted by Gasteiger charge is -2.31. The number of imide groups is 2. The molecule has 4 amide bonds. The molecule has 7 rings (SSSR count). The lowest BCUT2D eigenvalue weighted by Crippen LogP contribution is -2.41. The number of nitrogens with zero attached hydrogens (tertiary/aromatic N) is 2. The van der Waals surface area contributed by atoms with Crippen LogP contribution in [0.5, 0.6) is 0 Å². The quantitative estimate of drug-likeness (QED) is 0.0631. The number of carbonyl (C=O) groups excluding carboxylic acids is 4. The fourth-order valence-corrected chi connectivity index (χ4v) is 8.55. The highest BCUT2D eigenvalue weighted by Crippen LogP contribution is 2.53. The third-order valence-electron chi connectivity index (χ3n) is 9.49. The number of amides is 4. The number of unbranched alkanes of at least 4 members (excludes halogenated alkanes) is 6. The van der Waals surface area contributed by atoms with E-state index in [-0.39, 0.29) is 20.1 Å². The maximum absolute atomic E-state index is 13.8. The molecular weight excluding hydrogens is 666 g/mol. The molecule has 236 valence electrons. The van der Waals surface area contributed by atoms with Gasteiger partial charge in [-0.25, -0.2) is 0 Å². The lowest BCUT2D eigenvalue weighted by molar-refractivity contribution is 0.0592. The van der Waals surface area contributed by atoms with Crippen molar-refractivity contribution < 1.29 is 19.2 Å². The fourth-order valence-electron chi connectivity index (χ4n) is 7.36. The topological polar surface area (TPSA) is 74.8 Å².